The lowest BCUT2D eigenvalue weighted by atomic mass is 9.82. The first-order chi connectivity index (χ1) is 7.57. The van der Waals surface area contributed by atoms with E-state index in [0.29, 0.717) is 12.8 Å². The van der Waals surface area contributed by atoms with E-state index in [9.17, 15) is 9.59 Å². The average Bonchev–Trinajstić information content (AvgIpc) is 2.28. The van der Waals surface area contributed by atoms with Crippen LogP contribution in [0.25, 0.3) is 0 Å². The van der Waals surface area contributed by atoms with E-state index in [4.69, 9.17) is 11.5 Å². The van der Waals surface area contributed by atoms with E-state index in [1.54, 1.807) is 7.05 Å². The summed E-state index contributed by atoms with van der Waals surface area (Å²) in [6, 6.07) is 0. The largest absolute Gasteiger partial charge is 0.481 e. The fourth-order valence-electron chi connectivity index (χ4n) is 1.86. The van der Waals surface area contributed by atoms with Crippen molar-refractivity contribution in [2.24, 2.45) is 11.8 Å². The molecule has 2 unspecified atom stereocenters. The molecule has 0 saturated heterocycles. The Hall–Kier alpha value is -1.76. The second-order valence-corrected chi connectivity index (χ2v) is 3.89. The van der Waals surface area contributed by atoms with Gasteiger partial charge in [-0.3, -0.25) is 9.59 Å². The lowest BCUT2D eigenvalue weighted by Gasteiger charge is -2.27. The standard InChI is InChI=1S/C12H15NO3/c1-3-8-13(2)11(14)9-6-4-5-7-10(9)12(15)16/h1,4-5,9-10H,6-8H2,2H3,(H,15,16). The van der Waals surface area contributed by atoms with Crippen LogP contribution in [0.5, 0.6) is 0 Å². The molecule has 0 heterocycles. The molecule has 1 N–H and O–H groups in total. The molecule has 16 heavy (non-hydrogen) atoms. The molecule has 0 aliphatic heterocycles. The number of carboxylic acids is 1. The summed E-state index contributed by atoms with van der Waals surface area (Å²) in [5, 5.41) is 9.02. The lowest BCUT2D eigenvalue weighted by molar-refractivity contribution is -0.149. The number of carboxylic acid groups (broad SMARTS) is 1. The maximum Gasteiger partial charge on any atom is 0.307 e. The lowest BCUT2D eigenvalue weighted by Crippen LogP contribution is -2.40. The molecular formula is C12H15NO3. The van der Waals surface area contributed by atoms with Gasteiger partial charge in [-0.1, -0.05) is 18.1 Å². The molecule has 4 heteroatoms. The van der Waals surface area contributed by atoms with Gasteiger partial charge in [-0.2, -0.15) is 0 Å². The maximum absolute atomic E-state index is 11.9. The SMILES string of the molecule is C#CCN(C)C(=O)C1CC=CCC1C(=O)O. The van der Waals surface area contributed by atoms with Crippen molar-refractivity contribution in [3.8, 4) is 12.3 Å². The number of allylic oxidation sites excluding steroid dienone is 2. The molecule has 4 nitrogen and oxygen atoms in total. The molecule has 0 saturated carbocycles. The smallest absolute Gasteiger partial charge is 0.307 e. The summed E-state index contributed by atoms with van der Waals surface area (Å²) in [5.41, 5.74) is 0. The first kappa shape index (κ1) is 12.3. The second-order valence-electron chi connectivity index (χ2n) is 3.89. The molecule has 1 aliphatic rings. The van der Waals surface area contributed by atoms with Crippen molar-refractivity contribution in [3.63, 3.8) is 0 Å². The number of nitrogens with zero attached hydrogens (tertiary/aromatic N) is 1. The van der Waals surface area contributed by atoms with Crippen LogP contribution < -0.4 is 0 Å². The molecule has 0 aromatic rings. The molecule has 0 radical (unpaired) electrons. The van der Waals surface area contributed by atoms with Crippen LogP contribution in [0.15, 0.2) is 12.2 Å². The van der Waals surface area contributed by atoms with Gasteiger partial charge in [-0.25, -0.2) is 0 Å². The zero-order valence-electron chi connectivity index (χ0n) is 9.22. The van der Waals surface area contributed by atoms with Crippen LogP contribution in [-0.4, -0.2) is 35.5 Å². The number of aliphatic carboxylic acids is 1. The molecule has 0 aromatic carbocycles. The molecule has 0 fully saturated rings. The molecular weight excluding hydrogens is 206 g/mol. The number of terminal acetylenes is 1. The van der Waals surface area contributed by atoms with Crippen molar-refractivity contribution >= 4 is 11.9 Å². The number of hydrogen-bond acceptors (Lipinski definition) is 2. The summed E-state index contributed by atoms with van der Waals surface area (Å²) in [6.45, 7) is 0.214. The normalized spacial score (nSPS) is 23.5. The van der Waals surface area contributed by atoms with E-state index in [1.807, 2.05) is 12.2 Å². The Balaban J connectivity index is 2.77. The van der Waals surface area contributed by atoms with Crippen molar-refractivity contribution in [1.29, 1.82) is 0 Å². The molecule has 1 amide bonds. The van der Waals surface area contributed by atoms with Crippen LogP contribution in [0.2, 0.25) is 0 Å². The number of rotatable bonds is 3. The molecule has 2 atom stereocenters. The fourth-order valence-corrected chi connectivity index (χ4v) is 1.86. The van der Waals surface area contributed by atoms with Gasteiger partial charge in [0.1, 0.15) is 0 Å². The zero-order chi connectivity index (χ0) is 12.1. The Morgan fingerprint density at radius 2 is 2.00 bits per heavy atom. The number of carbonyl (C=O) groups excluding carboxylic acids is 1. The Bertz CT molecular complexity index is 354. The van der Waals surface area contributed by atoms with Gasteiger partial charge in [-0.15, -0.1) is 6.42 Å². The van der Waals surface area contributed by atoms with Gasteiger partial charge in [0.2, 0.25) is 5.91 Å². The van der Waals surface area contributed by atoms with E-state index < -0.39 is 17.8 Å². The molecule has 0 bridgehead atoms. The van der Waals surface area contributed by atoms with Crippen LogP contribution >= 0.6 is 0 Å². The van der Waals surface area contributed by atoms with Gasteiger partial charge < -0.3 is 10.0 Å². The minimum absolute atomic E-state index is 0.185. The average molecular weight is 221 g/mol. The Kier molecular flexibility index (Phi) is 4.12. The van der Waals surface area contributed by atoms with Crippen LogP contribution in [-0.2, 0) is 9.59 Å². The van der Waals surface area contributed by atoms with Crippen LogP contribution in [0, 0.1) is 24.2 Å². The summed E-state index contributed by atoms with van der Waals surface area (Å²) in [7, 11) is 1.60. The molecule has 1 rings (SSSR count). The quantitative estimate of drug-likeness (QED) is 0.565. The summed E-state index contributed by atoms with van der Waals surface area (Å²) in [6.07, 6.45) is 9.67. The van der Waals surface area contributed by atoms with Crippen molar-refractivity contribution in [2.45, 2.75) is 12.8 Å². The summed E-state index contributed by atoms with van der Waals surface area (Å²) >= 11 is 0. The van der Waals surface area contributed by atoms with Gasteiger partial charge in [0.25, 0.3) is 0 Å². The van der Waals surface area contributed by atoms with E-state index in [0.717, 1.165) is 0 Å². The first-order valence-electron chi connectivity index (χ1n) is 5.14. The fraction of sp³-hybridized carbons (Fsp3) is 0.500. The predicted molar refractivity (Wildman–Crippen MR) is 59.5 cm³/mol. The van der Waals surface area contributed by atoms with Crippen LogP contribution in [0.4, 0.5) is 0 Å². The zero-order valence-corrected chi connectivity index (χ0v) is 9.22. The first-order valence-corrected chi connectivity index (χ1v) is 5.14. The van der Waals surface area contributed by atoms with Crippen LogP contribution in [0.1, 0.15) is 12.8 Å². The Labute approximate surface area is 94.9 Å². The minimum Gasteiger partial charge on any atom is -0.481 e. The van der Waals surface area contributed by atoms with Gasteiger partial charge >= 0.3 is 5.97 Å². The highest BCUT2D eigenvalue weighted by atomic mass is 16.4. The van der Waals surface area contributed by atoms with E-state index >= 15 is 0 Å². The van der Waals surface area contributed by atoms with Crippen molar-refractivity contribution in [2.75, 3.05) is 13.6 Å². The third-order valence-electron chi connectivity index (χ3n) is 2.77. The molecule has 0 aromatic heterocycles. The Morgan fingerprint density at radius 1 is 1.44 bits per heavy atom. The van der Waals surface area contributed by atoms with Gasteiger partial charge in [0.05, 0.1) is 18.4 Å². The van der Waals surface area contributed by atoms with Gasteiger partial charge in [0, 0.05) is 7.05 Å². The number of amides is 1. The van der Waals surface area contributed by atoms with E-state index in [1.165, 1.54) is 4.90 Å². The Morgan fingerprint density at radius 3 is 2.50 bits per heavy atom. The summed E-state index contributed by atoms with van der Waals surface area (Å²) in [5.74, 6) is 0.154. The van der Waals surface area contributed by atoms with E-state index in [-0.39, 0.29) is 12.5 Å². The molecule has 0 spiro atoms. The third-order valence-corrected chi connectivity index (χ3v) is 2.77. The highest BCUT2D eigenvalue weighted by Gasteiger charge is 2.35. The van der Waals surface area contributed by atoms with Gasteiger partial charge in [0.15, 0.2) is 0 Å². The summed E-state index contributed by atoms with van der Waals surface area (Å²) in [4.78, 5) is 24.3. The minimum atomic E-state index is -0.920. The third kappa shape index (κ3) is 2.63. The van der Waals surface area contributed by atoms with Crippen molar-refractivity contribution in [1.82, 2.24) is 4.90 Å². The number of hydrogen-bond donors (Lipinski definition) is 1. The van der Waals surface area contributed by atoms with E-state index in [2.05, 4.69) is 5.92 Å². The number of carbonyl (C=O) groups is 2. The highest BCUT2D eigenvalue weighted by molar-refractivity contribution is 5.85. The maximum atomic E-state index is 11.9. The molecule has 1 aliphatic carbocycles. The van der Waals surface area contributed by atoms with Gasteiger partial charge in [-0.05, 0) is 12.8 Å². The summed E-state index contributed by atoms with van der Waals surface area (Å²) < 4.78 is 0. The molecule has 86 valence electrons. The predicted octanol–water partition coefficient (Wildman–Crippen LogP) is 0.745. The highest BCUT2D eigenvalue weighted by Crippen LogP contribution is 2.27. The monoisotopic (exact) mass is 221 g/mol. The van der Waals surface area contributed by atoms with Crippen molar-refractivity contribution in [3.05, 3.63) is 12.2 Å². The second kappa shape index (κ2) is 5.36. The van der Waals surface area contributed by atoms with Crippen LogP contribution in [0.3, 0.4) is 0 Å². The van der Waals surface area contributed by atoms with Crippen molar-refractivity contribution < 1.29 is 14.7 Å². The topological polar surface area (TPSA) is 57.6 Å².